The lowest BCUT2D eigenvalue weighted by Gasteiger charge is -2.18. The van der Waals surface area contributed by atoms with Crippen molar-refractivity contribution >= 4 is 0 Å². The maximum Gasteiger partial charge on any atom is 0.128 e. The van der Waals surface area contributed by atoms with Crippen molar-refractivity contribution in [2.24, 2.45) is 12.9 Å². The molecule has 2 rings (SSSR count). The molecule has 0 radical (unpaired) electrons. The van der Waals surface area contributed by atoms with Crippen molar-refractivity contribution in [3.05, 3.63) is 53.4 Å². The Labute approximate surface area is 99.2 Å². The average Bonchev–Trinajstić information content (AvgIpc) is 2.71. The van der Waals surface area contributed by atoms with Gasteiger partial charge in [-0.25, -0.2) is 14.8 Å². The van der Waals surface area contributed by atoms with E-state index in [2.05, 4.69) is 10.4 Å². The Bertz CT molecular complexity index is 521. The Kier molecular flexibility index (Phi) is 3.21. The van der Waals surface area contributed by atoms with E-state index in [1.54, 1.807) is 24.7 Å². The number of rotatable bonds is 3. The first kappa shape index (κ1) is 11.8. The number of nitrogens with one attached hydrogen (secondary N) is 1. The van der Waals surface area contributed by atoms with Crippen LogP contribution in [-0.2, 0) is 7.05 Å². The molecule has 2 aromatic rings. The molecule has 0 bridgehead atoms. The first-order valence-electron chi connectivity index (χ1n) is 5.32. The SMILES string of the molecule is Cc1ccc(F)c(C(NN)c2cncn2C)c1. The molecule has 4 nitrogen and oxygen atoms in total. The molecule has 0 fully saturated rings. The van der Waals surface area contributed by atoms with E-state index in [4.69, 9.17) is 5.84 Å². The van der Waals surface area contributed by atoms with Crippen molar-refractivity contribution in [3.63, 3.8) is 0 Å². The van der Waals surface area contributed by atoms with Gasteiger partial charge in [-0.2, -0.15) is 0 Å². The lowest BCUT2D eigenvalue weighted by molar-refractivity contribution is 0.542. The fraction of sp³-hybridized carbons (Fsp3) is 0.250. The van der Waals surface area contributed by atoms with Crippen molar-refractivity contribution in [2.45, 2.75) is 13.0 Å². The Balaban J connectivity index is 2.49. The molecule has 17 heavy (non-hydrogen) atoms. The summed E-state index contributed by atoms with van der Waals surface area (Å²) in [7, 11) is 1.85. The van der Waals surface area contributed by atoms with E-state index in [0.717, 1.165) is 11.3 Å². The summed E-state index contributed by atoms with van der Waals surface area (Å²) < 4.78 is 15.6. The number of benzene rings is 1. The predicted octanol–water partition coefficient (Wildman–Crippen LogP) is 1.42. The average molecular weight is 234 g/mol. The maximum atomic E-state index is 13.8. The highest BCUT2D eigenvalue weighted by atomic mass is 19.1. The monoisotopic (exact) mass is 234 g/mol. The molecule has 0 aliphatic heterocycles. The summed E-state index contributed by atoms with van der Waals surface area (Å²) in [5.74, 6) is 5.25. The standard InChI is InChI=1S/C12H15FN4/c1-8-3-4-10(13)9(5-8)12(16-14)11-6-15-7-17(11)2/h3-7,12,16H,14H2,1-2H3. The number of halogens is 1. The molecule has 0 amide bonds. The number of nitrogens with zero attached hydrogens (tertiary/aromatic N) is 2. The number of aromatic nitrogens is 2. The zero-order valence-corrected chi connectivity index (χ0v) is 9.81. The van der Waals surface area contributed by atoms with Crippen LogP contribution < -0.4 is 11.3 Å². The zero-order chi connectivity index (χ0) is 12.4. The lowest BCUT2D eigenvalue weighted by atomic mass is 10.0. The van der Waals surface area contributed by atoms with Crippen LogP contribution in [0.15, 0.2) is 30.7 Å². The van der Waals surface area contributed by atoms with Crippen LogP contribution in [0.1, 0.15) is 22.9 Å². The Morgan fingerprint density at radius 1 is 1.47 bits per heavy atom. The van der Waals surface area contributed by atoms with Gasteiger partial charge in [-0.05, 0) is 13.0 Å². The van der Waals surface area contributed by atoms with Crippen molar-refractivity contribution in [2.75, 3.05) is 0 Å². The largest absolute Gasteiger partial charge is 0.336 e. The second-order valence-corrected chi connectivity index (χ2v) is 4.05. The third kappa shape index (κ3) is 2.20. The fourth-order valence-electron chi connectivity index (χ4n) is 1.86. The third-order valence-electron chi connectivity index (χ3n) is 2.78. The minimum Gasteiger partial charge on any atom is -0.336 e. The van der Waals surface area contributed by atoms with Gasteiger partial charge < -0.3 is 4.57 Å². The molecule has 1 aromatic heterocycles. The van der Waals surface area contributed by atoms with Crippen LogP contribution in [0.4, 0.5) is 4.39 Å². The summed E-state index contributed by atoms with van der Waals surface area (Å²) in [4.78, 5) is 4.01. The molecule has 90 valence electrons. The van der Waals surface area contributed by atoms with Crippen LogP contribution in [0.2, 0.25) is 0 Å². The number of aryl methyl sites for hydroxylation is 2. The van der Waals surface area contributed by atoms with Crippen molar-refractivity contribution in [3.8, 4) is 0 Å². The second-order valence-electron chi connectivity index (χ2n) is 4.05. The number of hydrogen-bond donors (Lipinski definition) is 2. The van der Waals surface area contributed by atoms with Gasteiger partial charge in [-0.15, -0.1) is 0 Å². The van der Waals surface area contributed by atoms with E-state index in [-0.39, 0.29) is 5.82 Å². The first-order valence-corrected chi connectivity index (χ1v) is 5.32. The quantitative estimate of drug-likeness (QED) is 0.624. The van der Waals surface area contributed by atoms with Gasteiger partial charge in [0.15, 0.2) is 0 Å². The number of imidazole rings is 1. The smallest absolute Gasteiger partial charge is 0.128 e. The summed E-state index contributed by atoms with van der Waals surface area (Å²) in [6.07, 6.45) is 3.33. The Morgan fingerprint density at radius 2 is 2.24 bits per heavy atom. The zero-order valence-electron chi connectivity index (χ0n) is 9.81. The Morgan fingerprint density at radius 3 is 2.82 bits per heavy atom. The molecule has 1 heterocycles. The van der Waals surface area contributed by atoms with Crippen LogP contribution in [0.5, 0.6) is 0 Å². The van der Waals surface area contributed by atoms with Gasteiger partial charge in [0, 0.05) is 12.6 Å². The molecule has 1 unspecified atom stereocenters. The molecule has 0 saturated heterocycles. The van der Waals surface area contributed by atoms with Gasteiger partial charge in [0.25, 0.3) is 0 Å². The van der Waals surface area contributed by atoms with Crippen LogP contribution in [0.3, 0.4) is 0 Å². The summed E-state index contributed by atoms with van der Waals surface area (Å²) in [5, 5.41) is 0. The normalized spacial score (nSPS) is 12.7. The molecular formula is C12H15FN4. The van der Waals surface area contributed by atoms with E-state index in [1.807, 2.05) is 18.5 Å². The molecule has 0 saturated carbocycles. The van der Waals surface area contributed by atoms with Gasteiger partial charge in [-0.1, -0.05) is 17.7 Å². The van der Waals surface area contributed by atoms with Crippen molar-refractivity contribution in [1.82, 2.24) is 15.0 Å². The Hall–Kier alpha value is -1.72. The van der Waals surface area contributed by atoms with Crippen molar-refractivity contribution in [1.29, 1.82) is 0 Å². The van der Waals surface area contributed by atoms with Gasteiger partial charge >= 0.3 is 0 Å². The van der Waals surface area contributed by atoms with E-state index >= 15 is 0 Å². The van der Waals surface area contributed by atoms with Gasteiger partial charge in [0.05, 0.1) is 24.3 Å². The molecular weight excluding hydrogens is 219 g/mol. The lowest BCUT2D eigenvalue weighted by Crippen LogP contribution is -2.30. The van der Waals surface area contributed by atoms with Gasteiger partial charge in [-0.3, -0.25) is 5.84 Å². The number of hydrogen-bond acceptors (Lipinski definition) is 3. The minimum absolute atomic E-state index is 0.278. The highest BCUT2D eigenvalue weighted by Crippen LogP contribution is 2.24. The van der Waals surface area contributed by atoms with Crippen molar-refractivity contribution < 1.29 is 4.39 Å². The molecule has 0 aliphatic carbocycles. The van der Waals surface area contributed by atoms with Gasteiger partial charge in [0.1, 0.15) is 5.82 Å². The summed E-state index contributed by atoms with van der Waals surface area (Å²) in [5.41, 5.74) is 4.96. The number of nitrogens with two attached hydrogens (primary N) is 1. The first-order chi connectivity index (χ1) is 8.13. The summed E-state index contributed by atoms with van der Waals surface area (Å²) in [6.45, 7) is 1.92. The third-order valence-corrected chi connectivity index (χ3v) is 2.78. The molecule has 3 N–H and O–H groups in total. The van der Waals surface area contributed by atoms with Crippen LogP contribution in [0.25, 0.3) is 0 Å². The fourth-order valence-corrected chi connectivity index (χ4v) is 1.86. The van der Waals surface area contributed by atoms with E-state index in [1.165, 1.54) is 6.07 Å². The highest BCUT2D eigenvalue weighted by molar-refractivity contribution is 5.31. The maximum absolute atomic E-state index is 13.8. The highest BCUT2D eigenvalue weighted by Gasteiger charge is 2.19. The van der Waals surface area contributed by atoms with Gasteiger partial charge in [0.2, 0.25) is 0 Å². The molecule has 5 heteroatoms. The summed E-state index contributed by atoms with van der Waals surface area (Å²) in [6, 6.07) is 4.57. The summed E-state index contributed by atoms with van der Waals surface area (Å²) >= 11 is 0. The minimum atomic E-state index is -0.401. The second kappa shape index (κ2) is 4.65. The molecule has 0 spiro atoms. The molecule has 1 atom stereocenters. The molecule has 1 aromatic carbocycles. The molecule has 0 aliphatic rings. The van der Waals surface area contributed by atoms with E-state index < -0.39 is 6.04 Å². The van der Waals surface area contributed by atoms with E-state index in [9.17, 15) is 4.39 Å². The number of hydrazine groups is 1. The van der Waals surface area contributed by atoms with E-state index in [0.29, 0.717) is 5.56 Å². The topological polar surface area (TPSA) is 55.9 Å². The van der Waals surface area contributed by atoms with Crippen LogP contribution >= 0.6 is 0 Å². The van der Waals surface area contributed by atoms with Crippen LogP contribution in [-0.4, -0.2) is 9.55 Å². The van der Waals surface area contributed by atoms with Crippen LogP contribution in [0, 0.1) is 12.7 Å². The predicted molar refractivity (Wildman–Crippen MR) is 63.5 cm³/mol.